The maximum absolute atomic E-state index is 12.5. The number of rotatable bonds is 3. The number of hydrogen-bond donors (Lipinski definition) is 1. The van der Waals surface area contributed by atoms with Crippen molar-refractivity contribution in [1.82, 2.24) is 4.98 Å². The summed E-state index contributed by atoms with van der Waals surface area (Å²) in [5.74, 6) is -2.08. The second-order valence-electron chi connectivity index (χ2n) is 5.65. The van der Waals surface area contributed by atoms with E-state index in [1.165, 1.54) is 18.3 Å². The lowest BCUT2D eigenvalue weighted by atomic mass is 10.00. The summed E-state index contributed by atoms with van der Waals surface area (Å²) in [4.78, 5) is 41.2. The molecule has 6 nitrogen and oxygen atoms in total. The molecule has 2 amide bonds. The molecule has 2 heterocycles. The van der Waals surface area contributed by atoms with Crippen molar-refractivity contribution in [3.8, 4) is 0 Å². The number of aromatic nitrogens is 1. The average molecular weight is 288 g/mol. The van der Waals surface area contributed by atoms with E-state index in [0.717, 1.165) is 11.3 Å². The average Bonchev–Trinajstić information content (AvgIpc) is 2.99. The van der Waals surface area contributed by atoms with Gasteiger partial charge in [0.1, 0.15) is 5.56 Å². The van der Waals surface area contributed by atoms with E-state index < -0.39 is 5.97 Å². The topological polar surface area (TPSA) is 87.6 Å². The van der Waals surface area contributed by atoms with Gasteiger partial charge in [0.15, 0.2) is 5.82 Å². The van der Waals surface area contributed by atoms with E-state index in [4.69, 9.17) is 0 Å². The molecule has 0 aromatic carbocycles. The molecule has 1 aliphatic carbocycles. The number of carboxylic acids is 1. The molecule has 0 bridgehead atoms. The van der Waals surface area contributed by atoms with E-state index >= 15 is 0 Å². The van der Waals surface area contributed by atoms with Gasteiger partial charge in [-0.15, -0.1) is 0 Å². The van der Waals surface area contributed by atoms with Gasteiger partial charge in [0, 0.05) is 6.20 Å². The molecule has 2 unspecified atom stereocenters. The minimum Gasteiger partial charge on any atom is -0.478 e. The van der Waals surface area contributed by atoms with Gasteiger partial charge in [0.05, 0.1) is 11.8 Å². The van der Waals surface area contributed by atoms with Crippen molar-refractivity contribution in [1.29, 1.82) is 0 Å². The summed E-state index contributed by atoms with van der Waals surface area (Å²) < 4.78 is 0. The lowest BCUT2D eigenvalue weighted by Crippen LogP contribution is -2.34. The Labute approximate surface area is 121 Å². The Bertz CT molecular complexity index is 604. The van der Waals surface area contributed by atoms with Crippen LogP contribution in [0.5, 0.6) is 0 Å². The SMILES string of the molecule is CCC1CC2C(=O)N(c3ncccc3C(=O)O)C(=O)C2C1. The van der Waals surface area contributed by atoms with Gasteiger partial charge >= 0.3 is 5.97 Å². The molecule has 3 rings (SSSR count). The first-order chi connectivity index (χ1) is 10.0. The van der Waals surface area contributed by atoms with Gasteiger partial charge in [-0.05, 0) is 30.9 Å². The zero-order valence-corrected chi connectivity index (χ0v) is 11.7. The molecule has 2 atom stereocenters. The normalized spacial score (nSPS) is 28.0. The molecule has 6 heteroatoms. The largest absolute Gasteiger partial charge is 0.478 e. The number of carbonyl (C=O) groups excluding carboxylic acids is 2. The molecular formula is C15H16N2O4. The smallest absolute Gasteiger partial charge is 0.339 e. The molecule has 0 radical (unpaired) electrons. The third kappa shape index (κ3) is 2.02. The molecule has 0 spiro atoms. The number of nitrogens with zero attached hydrogens (tertiary/aromatic N) is 2. The van der Waals surface area contributed by atoms with Crippen molar-refractivity contribution < 1.29 is 19.5 Å². The summed E-state index contributed by atoms with van der Waals surface area (Å²) in [5, 5.41) is 9.19. The Morgan fingerprint density at radius 2 is 1.95 bits per heavy atom. The highest BCUT2D eigenvalue weighted by atomic mass is 16.4. The Morgan fingerprint density at radius 3 is 2.48 bits per heavy atom. The standard InChI is InChI=1S/C15H16N2O4/c1-2-8-6-10-11(7-8)14(19)17(13(10)18)12-9(15(20)21)4-3-5-16-12/h3-5,8,10-11H,2,6-7H2,1H3,(H,20,21). The van der Waals surface area contributed by atoms with Crippen LogP contribution in [0.2, 0.25) is 0 Å². The molecule has 1 aliphatic heterocycles. The number of pyridine rings is 1. The number of hydrogen-bond acceptors (Lipinski definition) is 4. The number of carbonyl (C=O) groups is 3. The minimum absolute atomic E-state index is 0.0533. The number of fused-ring (bicyclic) bond motifs is 1. The van der Waals surface area contributed by atoms with E-state index in [-0.39, 0.29) is 35.0 Å². The van der Waals surface area contributed by atoms with Crippen LogP contribution in [0.15, 0.2) is 18.3 Å². The van der Waals surface area contributed by atoms with Gasteiger partial charge in [-0.2, -0.15) is 0 Å². The monoisotopic (exact) mass is 288 g/mol. The van der Waals surface area contributed by atoms with Gasteiger partial charge in [0.25, 0.3) is 0 Å². The predicted octanol–water partition coefficient (Wildman–Crippen LogP) is 1.71. The second-order valence-corrected chi connectivity index (χ2v) is 5.65. The fraction of sp³-hybridized carbons (Fsp3) is 0.467. The number of carboxylic acid groups (broad SMARTS) is 1. The number of anilines is 1. The van der Waals surface area contributed by atoms with Gasteiger partial charge in [-0.1, -0.05) is 13.3 Å². The van der Waals surface area contributed by atoms with Crippen LogP contribution in [0.4, 0.5) is 5.82 Å². The lowest BCUT2D eigenvalue weighted by Gasteiger charge is -2.17. The van der Waals surface area contributed by atoms with Crippen molar-refractivity contribution >= 4 is 23.6 Å². The highest BCUT2D eigenvalue weighted by molar-refractivity contribution is 6.23. The van der Waals surface area contributed by atoms with Crippen molar-refractivity contribution in [3.05, 3.63) is 23.9 Å². The third-order valence-corrected chi connectivity index (χ3v) is 4.54. The molecule has 21 heavy (non-hydrogen) atoms. The summed E-state index contributed by atoms with van der Waals surface area (Å²) in [6, 6.07) is 2.83. The molecule has 2 fully saturated rings. The lowest BCUT2D eigenvalue weighted by molar-refractivity contribution is -0.123. The highest BCUT2D eigenvalue weighted by Crippen LogP contribution is 2.45. The highest BCUT2D eigenvalue weighted by Gasteiger charge is 2.53. The van der Waals surface area contributed by atoms with Crippen LogP contribution < -0.4 is 4.90 Å². The van der Waals surface area contributed by atoms with Gasteiger partial charge < -0.3 is 5.11 Å². The van der Waals surface area contributed by atoms with Crippen molar-refractivity contribution in [2.24, 2.45) is 17.8 Å². The number of aromatic carboxylic acids is 1. The van der Waals surface area contributed by atoms with Crippen LogP contribution in [0.3, 0.4) is 0 Å². The number of amides is 2. The third-order valence-electron chi connectivity index (χ3n) is 4.54. The van der Waals surface area contributed by atoms with E-state index in [9.17, 15) is 19.5 Å². The first kappa shape index (κ1) is 13.7. The first-order valence-corrected chi connectivity index (χ1v) is 7.10. The van der Waals surface area contributed by atoms with Crippen LogP contribution in [0.1, 0.15) is 36.5 Å². The van der Waals surface area contributed by atoms with E-state index in [0.29, 0.717) is 18.8 Å². The molecule has 1 saturated heterocycles. The van der Waals surface area contributed by atoms with Crippen molar-refractivity contribution in [3.63, 3.8) is 0 Å². The quantitative estimate of drug-likeness (QED) is 0.855. The van der Waals surface area contributed by atoms with Gasteiger partial charge in [0.2, 0.25) is 11.8 Å². The maximum atomic E-state index is 12.5. The van der Waals surface area contributed by atoms with E-state index in [2.05, 4.69) is 11.9 Å². The summed E-state index contributed by atoms with van der Waals surface area (Å²) in [7, 11) is 0. The Kier molecular flexibility index (Phi) is 3.23. The van der Waals surface area contributed by atoms with Gasteiger partial charge in [-0.25, -0.2) is 14.7 Å². The van der Waals surface area contributed by atoms with Crippen LogP contribution in [-0.4, -0.2) is 27.9 Å². The Hall–Kier alpha value is -2.24. The molecule has 1 saturated carbocycles. The predicted molar refractivity (Wildman–Crippen MR) is 73.7 cm³/mol. The second kappa shape index (κ2) is 4.95. The van der Waals surface area contributed by atoms with E-state index in [1.54, 1.807) is 0 Å². The summed E-state index contributed by atoms with van der Waals surface area (Å²) in [6.45, 7) is 2.06. The maximum Gasteiger partial charge on any atom is 0.339 e. The van der Waals surface area contributed by atoms with E-state index in [1.807, 2.05) is 0 Å². The summed E-state index contributed by atoms with van der Waals surface area (Å²) >= 11 is 0. The first-order valence-electron chi connectivity index (χ1n) is 7.10. The molecule has 1 N–H and O–H groups in total. The van der Waals surface area contributed by atoms with Crippen LogP contribution in [-0.2, 0) is 9.59 Å². The fourth-order valence-electron chi connectivity index (χ4n) is 3.41. The molecular weight excluding hydrogens is 272 g/mol. The molecule has 1 aromatic heterocycles. The van der Waals surface area contributed by atoms with Crippen molar-refractivity contribution in [2.75, 3.05) is 4.90 Å². The number of imide groups is 1. The van der Waals surface area contributed by atoms with Crippen molar-refractivity contribution in [2.45, 2.75) is 26.2 Å². The molecule has 1 aromatic rings. The molecule has 2 aliphatic rings. The zero-order valence-electron chi connectivity index (χ0n) is 11.7. The Morgan fingerprint density at radius 1 is 1.33 bits per heavy atom. The van der Waals surface area contributed by atoms with Crippen LogP contribution in [0.25, 0.3) is 0 Å². The Balaban J connectivity index is 1.98. The van der Waals surface area contributed by atoms with Crippen LogP contribution >= 0.6 is 0 Å². The minimum atomic E-state index is -1.19. The van der Waals surface area contributed by atoms with Gasteiger partial charge in [-0.3, -0.25) is 9.59 Å². The summed E-state index contributed by atoms with van der Waals surface area (Å²) in [6.07, 6.45) is 3.76. The molecule has 110 valence electrons. The van der Waals surface area contributed by atoms with Crippen LogP contribution in [0, 0.1) is 17.8 Å². The zero-order chi connectivity index (χ0) is 15.1. The summed E-state index contributed by atoms with van der Waals surface area (Å²) in [5.41, 5.74) is -0.119. The fourth-order valence-corrected chi connectivity index (χ4v) is 3.41.